The Labute approximate surface area is 73.9 Å². The van der Waals surface area contributed by atoms with E-state index in [0.29, 0.717) is 0 Å². The van der Waals surface area contributed by atoms with Crippen molar-refractivity contribution in [3.63, 3.8) is 0 Å². The molecule has 12 heavy (non-hydrogen) atoms. The fourth-order valence-corrected chi connectivity index (χ4v) is 0.412. The molecule has 0 aliphatic carbocycles. The van der Waals surface area contributed by atoms with Crippen molar-refractivity contribution in [2.24, 2.45) is 5.73 Å². The molecule has 0 saturated heterocycles. The summed E-state index contributed by atoms with van der Waals surface area (Å²) in [6.45, 7) is -0.744. The highest BCUT2D eigenvalue weighted by atomic mass is 35.5. The van der Waals surface area contributed by atoms with Crippen LogP contribution in [-0.2, 0) is 9.59 Å². The van der Waals surface area contributed by atoms with Crippen LogP contribution in [0.15, 0.2) is 0 Å². The van der Waals surface area contributed by atoms with Gasteiger partial charge >= 0.3 is 0 Å². The van der Waals surface area contributed by atoms with Crippen molar-refractivity contribution in [1.29, 1.82) is 0 Å². The number of rotatable bonds is 4. The van der Waals surface area contributed by atoms with Crippen molar-refractivity contribution in [2.75, 3.05) is 6.54 Å². The standard InChI is InChI=1S/C5H8F2N2O2.ClH/c6-3(7)2-9-5(11)1-4(8)10;/h3H,1-2H2,(H2,8,10)(H,9,11);1H. The van der Waals surface area contributed by atoms with Crippen LogP contribution in [0.1, 0.15) is 6.42 Å². The first-order chi connectivity index (χ1) is 5.02. The molecule has 72 valence electrons. The van der Waals surface area contributed by atoms with E-state index in [0.717, 1.165) is 0 Å². The summed E-state index contributed by atoms with van der Waals surface area (Å²) < 4.78 is 22.8. The van der Waals surface area contributed by atoms with Crippen molar-refractivity contribution >= 4 is 24.2 Å². The van der Waals surface area contributed by atoms with Crippen molar-refractivity contribution in [1.82, 2.24) is 5.32 Å². The monoisotopic (exact) mass is 202 g/mol. The number of hydrogen-bond donors (Lipinski definition) is 2. The number of nitrogens with one attached hydrogen (secondary N) is 1. The van der Waals surface area contributed by atoms with E-state index in [1.807, 2.05) is 5.32 Å². The predicted molar refractivity (Wildman–Crippen MR) is 40.1 cm³/mol. The van der Waals surface area contributed by atoms with E-state index in [4.69, 9.17) is 0 Å². The highest BCUT2D eigenvalue weighted by molar-refractivity contribution is 5.95. The minimum absolute atomic E-state index is 0. The molecular formula is C5H9ClF2N2O2. The second-order valence-electron chi connectivity index (χ2n) is 1.84. The maximum Gasteiger partial charge on any atom is 0.255 e. The number of primary amides is 1. The summed E-state index contributed by atoms with van der Waals surface area (Å²) in [6, 6.07) is 0. The third-order valence-electron chi connectivity index (χ3n) is 0.788. The number of halogens is 3. The minimum Gasteiger partial charge on any atom is -0.369 e. The third kappa shape index (κ3) is 9.09. The zero-order chi connectivity index (χ0) is 8.85. The number of nitrogens with two attached hydrogens (primary N) is 1. The van der Waals surface area contributed by atoms with Crippen LogP contribution in [0.4, 0.5) is 8.78 Å². The maximum absolute atomic E-state index is 11.4. The van der Waals surface area contributed by atoms with Gasteiger partial charge in [-0.05, 0) is 0 Å². The molecule has 0 saturated carbocycles. The summed E-state index contributed by atoms with van der Waals surface area (Å²) >= 11 is 0. The molecule has 3 N–H and O–H groups in total. The van der Waals surface area contributed by atoms with E-state index in [1.54, 1.807) is 0 Å². The number of carbonyl (C=O) groups is 2. The van der Waals surface area contributed by atoms with Crippen molar-refractivity contribution in [2.45, 2.75) is 12.8 Å². The van der Waals surface area contributed by atoms with Crippen LogP contribution in [0.2, 0.25) is 0 Å². The smallest absolute Gasteiger partial charge is 0.255 e. The van der Waals surface area contributed by atoms with Crippen LogP contribution < -0.4 is 11.1 Å². The van der Waals surface area contributed by atoms with Crippen LogP contribution in [0.25, 0.3) is 0 Å². The van der Waals surface area contributed by atoms with Gasteiger partial charge in [-0.3, -0.25) is 9.59 Å². The topological polar surface area (TPSA) is 72.2 Å². The van der Waals surface area contributed by atoms with Crippen molar-refractivity contribution < 1.29 is 18.4 Å². The van der Waals surface area contributed by atoms with Gasteiger partial charge in [0, 0.05) is 0 Å². The molecule has 4 nitrogen and oxygen atoms in total. The Balaban J connectivity index is 0. The fourth-order valence-electron chi connectivity index (χ4n) is 0.412. The van der Waals surface area contributed by atoms with Crippen LogP contribution >= 0.6 is 12.4 Å². The molecule has 0 atom stereocenters. The zero-order valence-electron chi connectivity index (χ0n) is 6.05. The van der Waals surface area contributed by atoms with E-state index in [9.17, 15) is 18.4 Å². The highest BCUT2D eigenvalue weighted by Gasteiger charge is 2.07. The quantitative estimate of drug-likeness (QED) is 0.613. The highest BCUT2D eigenvalue weighted by Crippen LogP contribution is 1.88. The average Bonchev–Trinajstić information content (AvgIpc) is 1.82. The summed E-state index contributed by atoms with van der Waals surface area (Å²) in [4.78, 5) is 20.4. The zero-order valence-corrected chi connectivity index (χ0v) is 6.87. The van der Waals surface area contributed by atoms with Gasteiger partial charge in [0.1, 0.15) is 6.42 Å². The summed E-state index contributed by atoms with van der Waals surface area (Å²) in [5, 5.41) is 1.82. The van der Waals surface area contributed by atoms with Gasteiger partial charge in [0.25, 0.3) is 6.43 Å². The molecule has 0 rings (SSSR count). The second-order valence-corrected chi connectivity index (χ2v) is 1.84. The van der Waals surface area contributed by atoms with Crippen LogP contribution in [0, 0.1) is 0 Å². The SMILES string of the molecule is Cl.NC(=O)CC(=O)NCC(F)F. The lowest BCUT2D eigenvalue weighted by Crippen LogP contribution is -2.31. The predicted octanol–water partition coefficient (Wildman–Crippen LogP) is -0.335. The molecule has 0 fully saturated rings. The van der Waals surface area contributed by atoms with Crippen molar-refractivity contribution in [3.05, 3.63) is 0 Å². The molecule has 0 spiro atoms. The average molecular weight is 203 g/mol. The molecule has 0 aromatic heterocycles. The van der Waals surface area contributed by atoms with Crippen LogP contribution in [0.5, 0.6) is 0 Å². The van der Waals surface area contributed by atoms with Gasteiger partial charge in [-0.2, -0.15) is 0 Å². The van der Waals surface area contributed by atoms with E-state index in [-0.39, 0.29) is 12.4 Å². The maximum atomic E-state index is 11.4. The minimum atomic E-state index is -2.60. The summed E-state index contributed by atoms with van der Waals surface area (Å²) in [5.74, 6) is -1.62. The summed E-state index contributed by atoms with van der Waals surface area (Å²) in [5.41, 5.74) is 4.61. The van der Waals surface area contributed by atoms with Gasteiger partial charge in [0.2, 0.25) is 11.8 Å². The van der Waals surface area contributed by atoms with Gasteiger partial charge in [-0.25, -0.2) is 8.78 Å². The van der Waals surface area contributed by atoms with Crippen LogP contribution in [-0.4, -0.2) is 24.8 Å². The molecule has 0 aromatic rings. The molecular weight excluding hydrogens is 194 g/mol. The second kappa shape index (κ2) is 6.78. The Morgan fingerprint density at radius 2 is 1.92 bits per heavy atom. The van der Waals surface area contributed by atoms with Gasteiger partial charge in [-0.1, -0.05) is 0 Å². The molecule has 0 aliphatic rings. The van der Waals surface area contributed by atoms with Gasteiger partial charge in [-0.15, -0.1) is 12.4 Å². The molecule has 0 bridgehead atoms. The van der Waals surface area contributed by atoms with Gasteiger partial charge in [0.15, 0.2) is 0 Å². The summed E-state index contributed by atoms with van der Waals surface area (Å²) in [7, 11) is 0. The molecule has 0 aromatic carbocycles. The van der Waals surface area contributed by atoms with E-state index in [2.05, 4.69) is 5.73 Å². The first kappa shape index (κ1) is 13.7. The van der Waals surface area contributed by atoms with E-state index >= 15 is 0 Å². The van der Waals surface area contributed by atoms with Gasteiger partial charge in [0.05, 0.1) is 6.54 Å². The largest absolute Gasteiger partial charge is 0.369 e. The fraction of sp³-hybridized carbons (Fsp3) is 0.600. The summed E-state index contributed by atoms with van der Waals surface area (Å²) in [6.07, 6.45) is -3.15. The third-order valence-corrected chi connectivity index (χ3v) is 0.788. The Morgan fingerprint density at radius 3 is 2.25 bits per heavy atom. The van der Waals surface area contributed by atoms with Crippen LogP contribution in [0.3, 0.4) is 0 Å². The Hall–Kier alpha value is -0.910. The van der Waals surface area contributed by atoms with Crippen molar-refractivity contribution in [3.8, 4) is 0 Å². The lowest BCUT2D eigenvalue weighted by Gasteiger charge is -2.00. The lowest BCUT2D eigenvalue weighted by molar-refractivity contribution is -0.128. The number of carbonyl (C=O) groups excluding carboxylic acids is 2. The number of amides is 2. The number of alkyl halides is 2. The Kier molecular flexibility index (Phi) is 7.72. The normalized spacial score (nSPS) is 8.92. The molecule has 7 heteroatoms. The van der Waals surface area contributed by atoms with E-state index < -0.39 is 31.2 Å². The van der Waals surface area contributed by atoms with E-state index in [1.165, 1.54) is 0 Å². The molecule has 0 unspecified atom stereocenters. The Bertz CT molecular complexity index is 166. The number of hydrogen-bond acceptors (Lipinski definition) is 2. The first-order valence-corrected chi connectivity index (χ1v) is 2.85. The lowest BCUT2D eigenvalue weighted by atomic mass is 10.4. The molecule has 0 aliphatic heterocycles. The Morgan fingerprint density at radius 1 is 1.42 bits per heavy atom. The molecule has 0 radical (unpaired) electrons. The first-order valence-electron chi connectivity index (χ1n) is 2.85. The molecule has 0 heterocycles. The van der Waals surface area contributed by atoms with Gasteiger partial charge < -0.3 is 11.1 Å². The molecule has 2 amide bonds.